The van der Waals surface area contributed by atoms with Crippen molar-refractivity contribution >= 4 is 5.91 Å². The smallest absolute Gasteiger partial charge is 0.226 e. The van der Waals surface area contributed by atoms with Crippen molar-refractivity contribution in [1.29, 1.82) is 0 Å². The molecule has 1 fully saturated rings. The second-order valence-electron chi connectivity index (χ2n) is 5.42. The number of hydrogen-bond donors (Lipinski definition) is 1. The third-order valence-electron chi connectivity index (χ3n) is 4.23. The summed E-state index contributed by atoms with van der Waals surface area (Å²) in [7, 11) is 0. The number of quaternary nitrogens is 1. The zero-order valence-electron chi connectivity index (χ0n) is 10.8. The average molecular weight is 245 g/mol. The highest BCUT2D eigenvalue weighted by molar-refractivity contribution is 5.79. The normalized spacial score (nSPS) is 20.6. The number of piperidine rings is 1. The van der Waals surface area contributed by atoms with E-state index in [-0.39, 0.29) is 5.92 Å². The number of nitrogens with two attached hydrogens (primary N) is 1. The van der Waals surface area contributed by atoms with Crippen molar-refractivity contribution in [1.82, 2.24) is 4.90 Å². The van der Waals surface area contributed by atoms with Crippen LogP contribution in [0.25, 0.3) is 0 Å². The molecule has 2 heterocycles. The molecule has 3 rings (SSSR count). The van der Waals surface area contributed by atoms with Gasteiger partial charge in [0.1, 0.15) is 0 Å². The van der Waals surface area contributed by atoms with Gasteiger partial charge in [0.25, 0.3) is 0 Å². The lowest BCUT2D eigenvalue weighted by Crippen LogP contribution is -2.86. The van der Waals surface area contributed by atoms with Crippen LogP contribution in [-0.2, 0) is 17.8 Å². The first-order chi connectivity index (χ1) is 8.84. The van der Waals surface area contributed by atoms with E-state index in [1.807, 2.05) is 0 Å². The molecule has 0 radical (unpaired) electrons. The van der Waals surface area contributed by atoms with Gasteiger partial charge in [0, 0.05) is 31.8 Å². The summed E-state index contributed by atoms with van der Waals surface area (Å²) in [6.07, 6.45) is 3.12. The van der Waals surface area contributed by atoms with Crippen molar-refractivity contribution in [3.8, 4) is 0 Å². The molecule has 1 amide bonds. The van der Waals surface area contributed by atoms with Gasteiger partial charge >= 0.3 is 0 Å². The molecule has 3 nitrogen and oxygen atoms in total. The van der Waals surface area contributed by atoms with Gasteiger partial charge in [-0.05, 0) is 17.5 Å². The van der Waals surface area contributed by atoms with E-state index in [1.54, 1.807) is 0 Å². The van der Waals surface area contributed by atoms with Gasteiger partial charge in [0.15, 0.2) is 0 Å². The second-order valence-corrected chi connectivity index (χ2v) is 5.42. The Morgan fingerprint density at radius 2 is 1.89 bits per heavy atom. The lowest BCUT2D eigenvalue weighted by atomic mass is 9.94. The summed E-state index contributed by atoms with van der Waals surface area (Å²) in [5, 5.41) is 2.31. The van der Waals surface area contributed by atoms with Crippen LogP contribution in [0, 0.1) is 5.92 Å². The number of rotatable bonds is 1. The molecule has 96 valence electrons. The van der Waals surface area contributed by atoms with Crippen molar-refractivity contribution < 1.29 is 10.1 Å². The Morgan fingerprint density at radius 1 is 1.17 bits per heavy atom. The molecule has 0 spiro atoms. The van der Waals surface area contributed by atoms with Crippen LogP contribution in [-0.4, -0.2) is 30.4 Å². The molecule has 1 aromatic rings. The summed E-state index contributed by atoms with van der Waals surface area (Å²) in [4.78, 5) is 14.5. The lowest BCUT2D eigenvalue weighted by molar-refractivity contribution is -0.664. The molecule has 0 bridgehead atoms. The van der Waals surface area contributed by atoms with Crippen LogP contribution in [0.5, 0.6) is 0 Å². The SMILES string of the molecule is O=C(C1CC[NH2+]CC1)N1CCc2ccccc2C1. The minimum Gasteiger partial charge on any atom is -0.346 e. The Balaban J connectivity index is 1.69. The van der Waals surface area contributed by atoms with Crippen LogP contribution >= 0.6 is 0 Å². The standard InChI is InChI=1S/C15H20N2O/c18-15(13-5-8-16-9-6-13)17-10-7-12-3-1-2-4-14(12)11-17/h1-4,13,16H,5-11H2/p+1. The fourth-order valence-electron chi connectivity index (χ4n) is 3.12. The summed E-state index contributed by atoms with van der Waals surface area (Å²) in [5.41, 5.74) is 2.75. The van der Waals surface area contributed by atoms with E-state index in [1.165, 1.54) is 11.1 Å². The molecule has 1 aromatic carbocycles. The predicted octanol–water partition coefficient (Wildman–Crippen LogP) is 0.545. The van der Waals surface area contributed by atoms with Crippen molar-refractivity contribution in [2.24, 2.45) is 5.92 Å². The highest BCUT2D eigenvalue weighted by atomic mass is 16.2. The van der Waals surface area contributed by atoms with Gasteiger partial charge < -0.3 is 10.2 Å². The van der Waals surface area contributed by atoms with E-state index in [0.717, 1.165) is 45.4 Å². The highest BCUT2D eigenvalue weighted by Crippen LogP contribution is 2.22. The Labute approximate surface area is 108 Å². The maximum absolute atomic E-state index is 12.5. The van der Waals surface area contributed by atoms with Gasteiger partial charge in [-0.2, -0.15) is 0 Å². The number of nitrogens with zero attached hydrogens (tertiary/aromatic N) is 1. The predicted molar refractivity (Wildman–Crippen MR) is 69.9 cm³/mol. The van der Waals surface area contributed by atoms with Crippen LogP contribution in [0.3, 0.4) is 0 Å². The molecule has 2 aliphatic heterocycles. The molecule has 0 saturated carbocycles. The summed E-state index contributed by atoms with van der Waals surface area (Å²) in [5.74, 6) is 0.665. The third kappa shape index (κ3) is 2.27. The summed E-state index contributed by atoms with van der Waals surface area (Å²) in [6, 6.07) is 8.51. The number of amides is 1. The number of hydrogen-bond acceptors (Lipinski definition) is 1. The van der Waals surface area contributed by atoms with Gasteiger partial charge in [0.05, 0.1) is 13.1 Å². The largest absolute Gasteiger partial charge is 0.346 e. The lowest BCUT2D eigenvalue weighted by Gasteiger charge is -2.32. The monoisotopic (exact) mass is 245 g/mol. The quantitative estimate of drug-likeness (QED) is 0.770. The van der Waals surface area contributed by atoms with Gasteiger partial charge in [0.2, 0.25) is 5.91 Å². The molecular weight excluding hydrogens is 224 g/mol. The topological polar surface area (TPSA) is 36.9 Å². The van der Waals surface area contributed by atoms with Crippen LogP contribution in [0.2, 0.25) is 0 Å². The van der Waals surface area contributed by atoms with Crippen LogP contribution in [0.1, 0.15) is 24.0 Å². The van der Waals surface area contributed by atoms with E-state index in [9.17, 15) is 4.79 Å². The van der Waals surface area contributed by atoms with Crippen LogP contribution in [0.4, 0.5) is 0 Å². The average Bonchev–Trinajstić information content (AvgIpc) is 2.47. The number of carbonyl (C=O) groups excluding carboxylic acids is 1. The Bertz CT molecular complexity index is 438. The molecular formula is C15H21N2O+. The summed E-state index contributed by atoms with van der Waals surface area (Å²) in [6.45, 7) is 3.94. The van der Waals surface area contributed by atoms with Crippen molar-refractivity contribution in [3.05, 3.63) is 35.4 Å². The fourth-order valence-corrected chi connectivity index (χ4v) is 3.12. The highest BCUT2D eigenvalue weighted by Gasteiger charge is 2.29. The van der Waals surface area contributed by atoms with E-state index in [4.69, 9.17) is 0 Å². The molecule has 0 unspecified atom stereocenters. The Hall–Kier alpha value is -1.35. The van der Waals surface area contributed by atoms with E-state index < -0.39 is 0 Å². The van der Waals surface area contributed by atoms with Crippen molar-refractivity contribution in [3.63, 3.8) is 0 Å². The molecule has 2 aliphatic rings. The number of carbonyl (C=O) groups is 1. The summed E-state index contributed by atoms with van der Waals surface area (Å²) >= 11 is 0. The first kappa shape index (κ1) is 11.7. The number of fused-ring (bicyclic) bond motifs is 1. The maximum atomic E-state index is 12.5. The minimum atomic E-state index is 0.278. The molecule has 0 atom stereocenters. The van der Waals surface area contributed by atoms with Crippen LogP contribution in [0.15, 0.2) is 24.3 Å². The van der Waals surface area contributed by atoms with E-state index in [0.29, 0.717) is 5.91 Å². The van der Waals surface area contributed by atoms with Gasteiger partial charge in [-0.1, -0.05) is 24.3 Å². The van der Waals surface area contributed by atoms with Gasteiger partial charge in [-0.15, -0.1) is 0 Å². The Morgan fingerprint density at radius 3 is 2.67 bits per heavy atom. The number of benzene rings is 1. The van der Waals surface area contributed by atoms with E-state index >= 15 is 0 Å². The van der Waals surface area contributed by atoms with Crippen molar-refractivity contribution in [2.45, 2.75) is 25.8 Å². The molecule has 3 heteroatoms. The molecule has 2 N–H and O–H groups in total. The van der Waals surface area contributed by atoms with Gasteiger partial charge in [-0.3, -0.25) is 4.79 Å². The minimum absolute atomic E-state index is 0.278. The molecule has 0 aromatic heterocycles. The third-order valence-corrected chi connectivity index (χ3v) is 4.23. The van der Waals surface area contributed by atoms with E-state index in [2.05, 4.69) is 34.5 Å². The second kappa shape index (κ2) is 5.11. The first-order valence-electron chi connectivity index (χ1n) is 7.02. The van der Waals surface area contributed by atoms with Gasteiger partial charge in [-0.25, -0.2) is 0 Å². The first-order valence-corrected chi connectivity index (χ1v) is 7.02. The molecule has 18 heavy (non-hydrogen) atoms. The zero-order valence-corrected chi connectivity index (χ0v) is 10.8. The zero-order chi connectivity index (χ0) is 12.4. The summed E-state index contributed by atoms with van der Waals surface area (Å²) < 4.78 is 0. The molecule has 0 aliphatic carbocycles. The van der Waals surface area contributed by atoms with Crippen LogP contribution < -0.4 is 5.32 Å². The van der Waals surface area contributed by atoms with Crippen molar-refractivity contribution in [2.75, 3.05) is 19.6 Å². The maximum Gasteiger partial charge on any atom is 0.226 e. The molecule has 1 saturated heterocycles. The fraction of sp³-hybridized carbons (Fsp3) is 0.533. The Kier molecular flexibility index (Phi) is 3.33.